The van der Waals surface area contributed by atoms with E-state index in [2.05, 4.69) is 30.3 Å². The van der Waals surface area contributed by atoms with Gasteiger partial charge in [0.25, 0.3) is 0 Å². The zero-order valence-corrected chi connectivity index (χ0v) is 11.2. The third-order valence-corrected chi connectivity index (χ3v) is 3.92. The highest BCUT2D eigenvalue weighted by Crippen LogP contribution is 2.47. The third-order valence-electron chi connectivity index (χ3n) is 1.82. The first-order chi connectivity index (χ1) is 7.51. The summed E-state index contributed by atoms with van der Waals surface area (Å²) in [4.78, 5) is 11.5. The zero-order chi connectivity index (χ0) is 12.2. The second-order valence-electron chi connectivity index (χ2n) is 2.80. The first kappa shape index (κ1) is 13.4. The minimum absolute atomic E-state index is 0.516. The van der Waals surface area contributed by atoms with Crippen LogP contribution in [0.2, 0.25) is 0 Å². The molecule has 0 heterocycles. The lowest BCUT2D eigenvalue weighted by atomic mass is 10.3. The van der Waals surface area contributed by atoms with Crippen molar-refractivity contribution in [2.45, 2.75) is 0 Å². The number of rotatable bonds is 4. The van der Waals surface area contributed by atoms with Crippen LogP contribution in [-0.4, -0.2) is 19.9 Å². The van der Waals surface area contributed by atoms with Gasteiger partial charge in [-0.15, -0.1) is 0 Å². The second kappa shape index (κ2) is 5.59. The number of halogens is 1. The molecule has 88 valence electrons. The number of anilines is 1. The summed E-state index contributed by atoms with van der Waals surface area (Å²) < 4.78 is 21.7. The Morgan fingerprint density at radius 2 is 1.75 bits per heavy atom. The minimum atomic E-state index is -3.71. The lowest BCUT2D eigenvalue weighted by molar-refractivity contribution is 0.242. The van der Waals surface area contributed by atoms with Crippen molar-refractivity contribution in [2.24, 2.45) is 0 Å². The summed E-state index contributed by atoms with van der Waals surface area (Å²) in [6, 6.07) is 6.83. The topological polar surface area (TPSA) is 64.6 Å². The number of benzene rings is 1. The van der Waals surface area contributed by atoms with Crippen LogP contribution < -0.4 is 5.32 Å². The van der Waals surface area contributed by atoms with E-state index in [0.717, 1.165) is 18.7 Å². The molecule has 0 spiro atoms. The van der Waals surface area contributed by atoms with Crippen LogP contribution in [0.1, 0.15) is 0 Å². The lowest BCUT2D eigenvalue weighted by Crippen LogP contribution is -2.12. The van der Waals surface area contributed by atoms with Gasteiger partial charge in [0.15, 0.2) is 0 Å². The van der Waals surface area contributed by atoms with Gasteiger partial charge < -0.3 is 14.4 Å². The number of nitrogens with one attached hydrogen (secondary N) is 1. The molecule has 0 aromatic heterocycles. The standard InChI is InChI=1S/C9H11BrNO4P/c1-14-16(13,15-2)9(12)11-8-5-3-7(10)4-6-8/h3-6H,1-2H3,(H,11,12). The summed E-state index contributed by atoms with van der Waals surface area (Å²) >= 11 is 3.26. The molecule has 0 saturated carbocycles. The van der Waals surface area contributed by atoms with Crippen molar-refractivity contribution >= 4 is 34.9 Å². The molecule has 1 aromatic rings. The molecule has 1 aromatic carbocycles. The largest absolute Gasteiger partial charge is 0.418 e. The quantitative estimate of drug-likeness (QED) is 0.865. The normalized spacial score (nSPS) is 11.2. The average Bonchev–Trinajstić information content (AvgIpc) is 2.31. The highest BCUT2D eigenvalue weighted by atomic mass is 79.9. The van der Waals surface area contributed by atoms with Crippen molar-refractivity contribution in [2.75, 3.05) is 19.5 Å². The maximum Gasteiger partial charge on any atom is 0.418 e. The third kappa shape index (κ3) is 3.15. The van der Waals surface area contributed by atoms with Crippen LogP contribution in [0, 0.1) is 0 Å². The zero-order valence-electron chi connectivity index (χ0n) is 8.77. The van der Waals surface area contributed by atoms with Gasteiger partial charge in [-0.1, -0.05) is 15.9 Å². The van der Waals surface area contributed by atoms with E-state index in [-0.39, 0.29) is 0 Å². The highest BCUT2D eigenvalue weighted by molar-refractivity contribution is 9.10. The Kier molecular flexibility index (Phi) is 4.68. The van der Waals surface area contributed by atoms with Gasteiger partial charge in [0.1, 0.15) is 0 Å². The Labute approximate surface area is 102 Å². The van der Waals surface area contributed by atoms with E-state index in [1.165, 1.54) is 0 Å². The second-order valence-corrected chi connectivity index (χ2v) is 5.85. The van der Waals surface area contributed by atoms with Crippen molar-refractivity contribution in [3.05, 3.63) is 28.7 Å². The van der Waals surface area contributed by atoms with Crippen LogP contribution in [0.3, 0.4) is 0 Å². The predicted octanol–water partition coefficient (Wildman–Crippen LogP) is 3.47. The summed E-state index contributed by atoms with van der Waals surface area (Å²) in [6.45, 7) is 0. The first-order valence-corrected chi connectivity index (χ1v) is 6.64. The van der Waals surface area contributed by atoms with Crippen molar-refractivity contribution < 1.29 is 18.4 Å². The number of hydrogen-bond donors (Lipinski definition) is 1. The van der Waals surface area contributed by atoms with Crippen molar-refractivity contribution in [3.8, 4) is 0 Å². The highest BCUT2D eigenvalue weighted by Gasteiger charge is 2.32. The SMILES string of the molecule is COP(=O)(OC)C(=O)Nc1ccc(Br)cc1. The molecule has 0 aliphatic rings. The van der Waals surface area contributed by atoms with Gasteiger partial charge in [0, 0.05) is 24.4 Å². The van der Waals surface area contributed by atoms with E-state index < -0.39 is 13.2 Å². The maximum atomic E-state index is 11.7. The predicted molar refractivity (Wildman–Crippen MR) is 64.8 cm³/mol. The fourth-order valence-electron chi connectivity index (χ4n) is 0.966. The monoisotopic (exact) mass is 307 g/mol. The lowest BCUT2D eigenvalue weighted by Gasteiger charge is -2.12. The van der Waals surface area contributed by atoms with Crippen LogP contribution in [0.15, 0.2) is 28.7 Å². The first-order valence-electron chi connectivity index (χ1n) is 4.30. The molecule has 16 heavy (non-hydrogen) atoms. The molecule has 1 rings (SSSR count). The molecule has 0 bridgehead atoms. The summed E-state index contributed by atoms with van der Waals surface area (Å²) in [5, 5.41) is 2.44. The Morgan fingerprint density at radius 3 is 2.19 bits per heavy atom. The Morgan fingerprint density at radius 1 is 1.25 bits per heavy atom. The average molecular weight is 308 g/mol. The Bertz CT molecular complexity index is 412. The fourth-order valence-corrected chi connectivity index (χ4v) is 1.98. The van der Waals surface area contributed by atoms with E-state index in [4.69, 9.17) is 0 Å². The maximum absolute atomic E-state index is 11.7. The van der Waals surface area contributed by atoms with Crippen LogP contribution >= 0.6 is 23.5 Å². The van der Waals surface area contributed by atoms with Gasteiger partial charge in [-0.2, -0.15) is 0 Å². The number of amides is 1. The summed E-state index contributed by atoms with van der Waals surface area (Å²) in [7, 11) is -1.39. The number of carbonyl (C=O) groups is 1. The summed E-state index contributed by atoms with van der Waals surface area (Å²) in [6.07, 6.45) is 0. The van der Waals surface area contributed by atoms with E-state index in [1.807, 2.05) is 0 Å². The van der Waals surface area contributed by atoms with Crippen LogP contribution in [0.5, 0.6) is 0 Å². The molecule has 1 amide bonds. The number of carbonyl (C=O) groups excluding carboxylic acids is 1. The smallest absolute Gasteiger partial charge is 0.316 e. The van der Waals surface area contributed by atoms with E-state index in [9.17, 15) is 9.36 Å². The molecular formula is C9H11BrNO4P. The van der Waals surface area contributed by atoms with Crippen LogP contribution in [0.25, 0.3) is 0 Å². The van der Waals surface area contributed by atoms with Gasteiger partial charge in [0.2, 0.25) is 0 Å². The molecule has 0 saturated heterocycles. The molecular weight excluding hydrogens is 297 g/mol. The van der Waals surface area contributed by atoms with Crippen LogP contribution in [0.4, 0.5) is 10.5 Å². The summed E-state index contributed by atoms with van der Waals surface area (Å²) in [5.74, 6) is 0. The fraction of sp³-hybridized carbons (Fsp3) is 0.222. The molecule has 0 atom stereocenters. The number of hydrogen-bond acceptors (Lipinski definition) is 4. The molecule has 0 aliphatic carbocycles. The molecule has 7 heteroatoms. The molecule has 0 fully saturated rings. The molecule has 0 aliphatic heterocycles. The van der Waals surface area contributed by atoms with Crippen molar-refractivity contribution in [1.82, 2.24) is 0 Å². The van der Waals surface area contributed by atoms with Gasteiger partial charge >= 0.3 is 13.2 Å². The minimum Gasteiger partial charge on any atom is -0.316 e. The van der Waals surface area contributed by atoms with Crippen molar-refractivity contribution in [3.63, 3.8) is 0 Å². The Hall–Kier alpha value is -0.680. The van der Waals surface area contributed by atoms with E-state index in [0.29, 0.717) is 5.69 Å². The molecule has 1 N–H and O–H groups in total. The molecule has 5 nitrogen and oxygen atoms in total. The Balaban J connectivity index is 2.78. The van der Waals surface area contributed by atoms with Gasteiger partial charge in [-0.05, 0) is 24.3 Å². The van der Waals surface area contributed by atoms with Gasteiger partial charge in [-0.25, -0.2) is 4.57 Å². The van der Waals surface area contributed by atoms with Gasteiger partial charge in [-0.3, -0.25) is 4.79 Å². The van der Waals surface area contributed by atoms with E-state index in [1.54, 1.807) is 24.3 Å². The van der Waals surface area contributed by atoms with Crippen molar-refractivity contribution in [1.29, 1.82) is 0 Å². The van der Waals surface area contributed by atoms with Gasteiger partial charge in [0.05, 0.1) is 0 Å². The van der Waals surface area contributed by atoms with Crippen LogP contribution in [-0.2, 0) is 13.6 Å². The summed E-state index contributed by atoms with van der Waals surface area (Å²) in [5.41, 5.74) is -0.276. The molecule has 0 radical (unpaired) electrons. The molecule has 0 unspecified atom stereocenters. The van der Waals surface area contributed by atoms with E-state index >= 15 is 0 Å².